The Kier molecular flexibility index (Phi) is 7.91. The Labute approximate surface area is 156 Å². The number of carbonyl (C=O) groups is 2. The van der Waals surface area contributed by atoms with Crippen molar-refractivity contribution in [3.63, 3.8) is 0 Å². The SMILES string of the molecule is CC[C@H]1CCCCN1C(=O)CN(CC)CC(=O)Nc1cccc(OC)c1. The molecule has 0 saturated carbocycles. The molecule has 1 aliphatic heterocycles. The normalized spacial score (nSPS) is 17.2. The average molecular weight is 361 g/mol. The van der Waals surface area contributed by atoms with Gasteiger partial charge in [0.15, 0.2) is 0 Å². The first-order chi connectivity index (χ1) is 12.6. The predicted octanol–water partition coefficient (Wildman–Crippen LogP) is 2.75. The van der Waals surface area contributed by atoms with Gasteiger partial charge in [0.2, 0.25) is 11.8 Å². The molecule has 1 fully saturated rings. The van der Waals surface area contributed by atoms with Gasteiger partial charge in [-0.05, 0) is 44.4 Å². The number of carbonyl (C=O) groups excluding carboxylic acids is 2. The molecular weight excluding hydrogens is 330 g/mol. The van der Waals surface area contributed by atoms with Gasteiger partial charge in [0.05, 0.1) is 20.2 Å². The van der Waals surface area contributed by atoms with Crippen molar-refractivity contribution in [1.29, 1.82) is 0 Å². The molecule has 0 radical (unpaired) electrons. The number of likely N-dealkylation sites (tertiary alicyclic amines) is 1. The molecule has 1 aromatic rings. The number of anilines is 1. The van der Waals surface area contributed by atoms with Gasteiger partial charge < -0.3 is 15.0 Å². The summed E-state index contributed by atoms with van der Waals surface area (Å²) >= 11 is 0. The molecule has 144 valence electrons. The van der Waals surface area contributed by atoms with E-state index in [0.717, 1.165) is 25.8 Å². The van der Waals surface area contributed by atoms with E-state index >= 15 is 0 Å². The van der Waals surface area contributed by atoms with Crippen molar-refractivity contribution in [3.8, 4) is 5.75 Å². The number of methoxy groups -OCH3 is 1. The van der Waals surface area contributed by atoms with Crippen LogP contribution in [0.5, 0.6) is 5.75 Å². The molecule has 1 saturated heterocycles. The van der Waals surface area contributed by atoms with E-state index in [-0.39, 0.29) is 18.4 Å². The Bertz CT molecular complexity index is 606. The molecule has 1 N–H and O–H groups in total. The molecule has 6 heteroatoms. The largest absolute Gasteiger partial charge is 0.497 e. The summed E-state index contributed by atoms with van der Waals surface area (Å²) in [5.74, 6) is 0.701. The summed E-state index contributed by atoms with van der Waals surface area (Å²) in [5, 5.41) is 2.87. The summed E-state index contributed by atoms with van der Waals surface area (Å²) in [7, 11) is 1.59. The third-order valence-electron chi connectivity index (χ3n) is 4.95. The first kappa shape index (κ1) is 20.2. The number of nitrogens with zero attached hydrogens (tertiary/aromatic N) is 2. The van der Waals surface area contributed by atoms with E-state index in [1.165, 1.54) is 6.42 Å². The van der Waals surface area contributed by atoms with Crippen molar-refractivity contribution in [2.45, 2.75) is 45.6 Å². The number of ether oxygens (including phenoxy) is 1. The molecule has 6 nitrogen and oxygen atoms in total. The zero-order valence-electron chi connectivity index (χ0n) is 16.2. The van der Waals surface area contributed by atoms with Crippen molar-refractivity contribution >= 4 is 17.5 Å². The molecule has 2 rings (SSSR count). The third-order valence-corrected chi connectivity index (χ3v) is 4.95. The monoisotopic (exact) mass is 361 g/mol. The predicted molar refractivity (Wildman–Crippen MR) is 103 cm³/mol. The van der Waals surface area contributed by atoms with E-state index in [0.29, 0.717) is 30.6 Å². The van der Waals surface area contributed by atoms with Gasteiger partial charge >= 0.3 is 0 Å². The topological polar surface area (TPSA) is 61.9 Å². The Hall–Kier alpha value is -2.08. The van der Waals surface area contributed by atoms with Crippen LogP contribution in [-0.4, -0.2) is 60.9 Å². The summed E-state index contributed by atoms with van der Waals surface area (Å²) in [5.41, 5.74) is 0.693. The fraction of sp³-hybridized carbons (Fsp3) is 0.600. The number of likely N-dealkylation sites (N-methyl/N-ethyl adjacent to an activating group) is 1. The zero-order chi connectivity index (χ0) is 18.9. The molecule has 1 heterocycles. The minimum absolute atomic E-state index is 0.126. The minimum atomic E-state index is -0.126. The van der Waals surface area contributed by atoms with E-state index in [9.17, 15) is 9.59 Å². The van der Waals surface area contributed by atoms with Gasteiger partial charge in [-0.25, -0.2) is 0 Å². The van der Waals surface area contributed by atoms with Gasteiger partial charge in [-0.1, -0.05) is 19.9 Å². The van der Waals surface area contributed by atoms with Crippen LogP contribution in [0.4, 0.5) is 5.69 Å². The number of amides is 2. The van der Waals surface area contributed by atoms with Crippen molar-refractivity contribution in [1.82, 2.24) is 9.80 Å². The Balaban J connectivity index is 1.89. The Morgan fingerprint density at radius 3 is 2.77 bits per heavy atom. The van der Waals surface area contributed by atoms with Crippen LogP contribution < -0.4 is 10.1 Å². The lowest BCUT2D eigenvalue weighted by Crippen LogP contribution is -2.48. The molecule has 0 bridgehead atoms. The first-order valence-electron chi connectivity index (χ1n) is 9.53. The Morgan fingerprint density at radius 1 is 1.27 bits per heavy atom. The van der Waals surface area contributed by atoms with Crippen LogP contribution in [0.25, 0.3) is 0 Å². The second kappa shape index (κ2) is 10.2. The number of nitrogens with one attached hydrogen (secondary N) is 1. The molecule has 1 aromatic carbocycles. The zero-order valence-corrected chi connectivity index (χ0v) is 16.2. The smallest absolute Gasteiger partial charge is 0.238 e. The van der Waals surface area contributed by atoms with Crippen molar-refractivity contribution in [3.05, 3.63) is 24.3 Å². The van der Waals surface area contributed by atoms with Crippen molar-refractivity contribution in [2.24, 2.45) is 0 Å². The summed E-state index contributed by atoms with van der Waals surface area (Å²) < 4.78 is 5.17. The van der Waals surface area contributed by atoms with Crippen molar-refractivity contribution in [2.75, 3.05) is 38.6 Å². The molecule has 2 amide bonds. The second-order valence-corrected chi connectivity index (χ2v) is 6.73. The highest BCUT2D eigenvalue weighted by Gasteiger charge is 2.26. The lowest BCUT2D eigenvalue weighted by Gasteiger charge is -2.36. The maximum absolute atomic E-state index is 12.7. The van der Waals surface area contributed by atoms with Gasteiger partial charge in [0.25, 0.3) is 0 Å². The van der Waals surface area contributed by atoms with Gasteiger partial charge in [-0.15, -0.1) is 0 Å². The van der Waals surface area contributed by atoms with Gasteiger partial charge in [-0.2, -0.15) is 0 Å². The van der Waals surface area contributed by atoms with Crippen LogP contribution in [0.2, 0.25) is 0 Å². The third kappa shape index (κ3) is 5.73. The van der Waals surface area contributed by atoms with Crippen LogP contribution in [0.15, 0.2) is 24.3 Å². The fourth-order valence-electron chi connectivity index (χ4n) is 3.42. The fourth-order valence-corrected chi connectivity index (χ4v) is 3.42. The Morgan fingerprint density at radius 2 is 2.08 bits per heavy atom. The molecule has 0 spiro atoms. The lowest BCUT2D eigenvalue weighted by atomic mass is 10.00. The van der Waals surface area contributed by atoms with E-state index in [1.54, 1.807) is 13.2 Å². The van der Waals surface area contributed by atoms with E-state index in [1.807, 2.05) is 34.9 Å². The maximum atomic E-state index is 12.7. The molecule has 26 heavy (non-hydrogen) atoms. The molecule has 1 aliphatic rings. The van der Waals surface area contributed by atoms with Gasteiger partial charge in [-0.3, -0.25) is 14.5 Å². The van der Waals surface area contributed by atoms with Crippen LogP contribution in [-0.2, 0) is 9.59 Å². The summed E-state index contributed by atoms with van der Waals surface area (Å²) in [6.45, 7) is 6.09. The van der Waals surface area contributed by atoms with E-state index < -0.39 is 0 Å². The van der Waals surface area contributed by atoms with Crippen LogP contribution in [0.1, 0.15) is 39.5 Å². The quantitative estimate of drug-likeness (QED) is 0.773. The van der Waals surface area contributed by atoms with Crippen LogP contribution >= 0.6 is 0 Å². The summed E-state index contributed by atoms with van der Waals surface area (Å²) in [6, 6.07) is 7.60. The summed E-state index contributed by atoms with van der Waals surface area (Å²) in [6.07, 6.45) is 4.35. The summed E-state index contributed by atoms with van der Waals surface area (Å²) in [4.78, 5) is 28.9. The molecule has 0 aromatic heterocycles. The van der Waals surface area contributed by atoms with Crippen LogP contribution in [0.3, 0.4) is 0 Å². The molecule has 1 atom stereocenters. The number of hydrogen-bond donors (Lipinski definition) is 1. The maximum Gasteiger partial charge on any atom is 0.238 e. The molecule has 0 aliphatic carbocycles. The van der Waals surface area contributed by atoms with Gasteiger partial charge in [0, 0.05) is 24.3 Å². The highest BCUT2D eigenvalue weighted by atomic mass is 16.5. The molecular formula is C20H31N3O3. The van der Waals surface area contributed by atoms with Crippen molar-refractivity contribution < 1.29 is 14.3 Å². The standard InChI is InChI=1S/C20H31N3O3/c1-4-17-10-6-7-12-23(17)20(25)15-22(5-2)14-19(24)21-16-9-8-11-18(13-16)26-3/h8-9,11,13,17H,4-7,10,12,14-15H2,1-3H3,(H,21,24)/t17-/m0/s1. The molecule has 0 unspecified atom stereocenters. The minimum Gasteiger partial charge on any atom is -0.497 e. The number of hydrogen-bond acceptors (Lipinski definition) is 4. The number of benzene rings is 1. The highest BCUT2D eigenvalue weighted by Crippen LogP contribution is 2.20. The number of rotatable bonds is 8. The average Bonchev–Trinajstić information content (AvgIpc) is 2.67. The lowest BCUT2D eigenvalue weighted by molar-refractivity contribution is -0.136. The number of piperidine rings is 1. The van der Waals surface area contributed by atoms with E-state index in [2.05, 4.69) is 12.2 Å². The van der Waals surface area contributed by atoms with E-state index in [4.69, 9.17) is 4.74 Å². The highest BCUT2D eigenvalue weighted by molar-refractivity contribution is 5.92. The first-order valence-corrected chi connectivity index (χ1v) is 9.53. The second-order valence-electron chi connectivity index (χ2n) is 6.73. The van der Waals surface area contributed by atoms with Gasteiger partial charge in [0.1, 0.15) is 5.75 Å². The van der Waals surface area contributed by atoms with Crippen LogP contribution in [0, 0.1) is 0 Å².